The van der Waals surface area contributed by atoms with Crippen LogP contribution in [0.5, 0.6) is 11.5 Å². The second-order valence-electron chi connectivity index (χ2n) is 6.15. The fourth-order valence-electron chi connectivity index (χ4n) is 2.91. The number of carboxylic acid groups (broad SMARTS) is 1. The Labute approximate surface area is 169 Å². The van der Waals surface area contributed by atoms with E-state index in [1.807, 2.05) is 0 Å². The van der Waals surface area contributed by atoms with Gasteiger partial charge in [-0.05, 0) is 29.8 Å². The zero-order valence-corrected chi connectivity index (χ0v) is 16.0. The molecule has 0 aliphatic heterocycles. The molecular formula is C20H16N3O7-. The number of nitrogens with one attached hydrogen (secondary N) is 1. The molecule has 0 aliphatic carbocycles. The number of hydrogen-bond acceptors (Lipinski definition) is 7. The number of aromatic nitrogens is 2. The molecule has 0 spiro atoms. The lowest BCUT2D eigenvalue weighted by molar-refractivity contribution is -0.385. The number of carbonyl (C=O) groups excluding carboxylic acids is 1. The number of nitro benzene ring substituents is 1. The number of rotatable bonds is 6. The monoisotopic (exact) mass is 410 g/mol. The molecule has 0 saturated heterocycles. The number of H-pyrrole nitrogens is 1. The lowest BCUT2D eigenvalue weighted by Crippen LogP contribution is -2.34. The van der Waals surface area contributed by atoms with Gasteiger partial charge in [0.1, 0.15) is 0 Å². The van der Waals surface area contributed by atoms with Gasteiger partial charge in [0.15, 0.2) is 11.5 Å². The third-order valence-corrected chi connectivity index (χ3v) is 4.37. The van der Waals surface area contributed by atoms with Crippen LogP contribution in [0, 0.1) is 10.1 Å². The smallest absolute Gasteiger partial charge is 0.280 e. The molecule has 154 valence electrons. The van der Waals surface area contributed by atoms with E-state index in [9.17, 15) is 24.8 Å². The first-order chi connectivity index (χ1) is 14.3. The molecule has 0 unspecified atom stereocenters. The fraction of sp³-hybridized carbons (Fsp3) is 0.100. The summed E-state index contributed by atoms with van der Waals surface area (Å²) >= 11 is 0. The second kappa shape index (κ2) is 7.95. The molecule has 0 bridgehead atoms. The van der Waals surface area contributed by atoms with E-state index >= 15 is 0 Å². The van der Waals surface area contributed by atoms with E-state index < -0.39 is 16.5 Å². The summed E-state index contributed by atoms with van der Waals surface area (Å²) in [5.74, 6) is -0.974. The molecule has 0 radical (unpaired) electrons. The Kier molecular flexibility index (Phi) is 5.41. The summed E-state index contributed by atoms with van der Waals surface area (Å²) in [6.45, 7) is 3.77. The summed E-state index contributed by atoms with van der Waals surface area (Å²) in [6.07, 6.45) is 1.31. The predicted octanol–water partition coefficient (Wildman–Crippen LogP) is -0.306. The van der Waals surface area contributed by atoms with Gasteiger partial charge in [-0.3, -0.25) is 20.0 Å². The number of aromatic carboxylic acids is 1. The number of nitrogens with zero attached hydrogens (tertiary/aromatic N) is 2. The van der Waals surface area contributed by atoms with Gasteiger partial charge < -0.3 is 19.4 Å². The highest BCUT2D eigenvalue weighted by molar-refractivity contribution is 5.86. The zero-order valence-electron chi connectivity index (χ0n) is 16.0. The first-order valence-electron chi connectivity index (χ1n) is 8.50. The maximum absolute atomic E-state index is 12.9. The van der Waals surface area contributed by atoms with Crippen LogP contribution >= 0.6 is 0 Å². The van der Waals surface area contributed by atoms with Crippen LogP contribution in [-0.4, -0.2) is 34.9 Å². The van der Waals surface area contributed by atoms with E-state index in [4.69, 9.17) is 9.47 Å². The quantitative estimate of drug-likeness (QED) is 0.434. The van der Waals surface area contributed by atoms with Gasteiger partial charge >= 0.3 is 0 Å². The lowest BCUT2D eigenvalue weighted by atomic mass is 10.1. The third-order valence-electron chi connectivity index (χ3n) is 4.37. The third kappa shape index (κ3) is 3.65. The minimum absolute atomic E-state index is 0.0594. The fourth-order valence-corrected chi connectivity index (χ4v) is 2.91. The highest BCUT2D eigenvalue weighted by Gasteiger charge is 2.18. The van der Waals surface area contributed by atoms with Gasteiger partial charge in [-0.1, -0.05) is 18.7 Å². The average molecular weight is 410 g/mol. The molecule has 0 amide bonds. The number of ether oxygens (including phenoxy) is 2. The van der Waals surface area contributed by atoms with Crippen LogP contribution in [0.4, 0.5) is 5.69 Å². The molecule has 1 aromatic heterocycles. The molecule has 30 heavy (non-hydrogen) atoms. The van der Waals surface area contributed by atoms with Crippen molar-refractivity contribution in [1.82, 2.24) is 9.78 Å². The summed E-state index contributed by atoms with van der Waals surface area (Å²) in [5, 5.41) is 25.6. The number of carbonyl (C=O) groups is 1. The van der Waals surface area contributed by atoms with E-state index in [0.717, 1.165) is 4.68 Å². The van der Waals surface area contributed by atoms with Crippen LogP contribution in [0.25, 0.3) is 18.3 Å². The van der Waals surface area contributed by atoms with Crippen LogP contribution in [-0.2, 0) is 0 Å². The molecule has 0 fully saturated rings. The topological polar surface area (TPSA) is 140 Å². The molecule has 3 rings (SSSR count). The van der Waals surface area contributed by atoms with Crippen molar-refractivity contribution < 1.29 is 24.3 Å². The Morgan fingerprint density at radius 1 is 1.20 bits per heavy atom. The first-order valence-corrected chi connectivity index (χ1v) is 8.50. The Morgan fingerprint density at radius 2 is 1.87 bits per heavy atom. The van der Waals surface area contributed by atoms with Crippen molar-refractivity contribution in [3.63, 3.8) is 0 Å². The van der Waals surface area contributed by atoms with Gasteiger partial charge in [0.25, 0.3) is 11.2 Å². The zero-order chi connectivity index (χ0) is 22.0. The van der Waals surface area contributed by atoms with Crippen molar-refractivity contribution in [2.45, 2.75) is 0 Å². The van der Waals surface area contributed by atoms with E-state index in [2.05, 4.69) is 11.7 Å². The number of aromatic amines is 1. The van der Waals surface area contributed by atoms with Crippen LogP contribution in [0.3, 0.4) is 0 Å². The normalized spacial score (nSPS) is 11.3. The molecule has 0 aliphatic rings. The minimum atomic E-state index is -1.39. The van der Waals surface area contributed by atoms with Gasteiger partial charge in [-0.15, -0.1) is 0 Å². The highest BCUT2D eigenvalue weighted by Crippen LogP contribution is 2.34. The Morgan fingerprint density at radius 3 is 2.47 bits per heavy atom. The van der Waals surface area contributed by atoms with Gasteiger partial charge in [-0.25, -0.2) is 4.68 Å². The molecule has 10 heteroatoms. The van der Waals surface area contributed by atoms with Crippen LogP contribution in [0.2, 0.25) is 0 Å². The summed E-state index contributed by atoms with van der Waals surface area (Å²) in [6, 6.07) is 8.14. The molecular weight excluding hydrogens is 394 g/mol. The largest absolute Gasteiger partial charge is 0.545 e. The van der Waals surface area contributed by atoms with Crippen LogP contribution in [0.1, 0.15) is 15.9 Å². The molecule has 3 aromatic rings. The molecule has 10 nitrogen and oxygen atoms in total. The number of carboxylic acids is 1. The highest BCUT2D eigenvalue weighted by atomic mass is 16.6. The standard InChI is InChI=1S/C20H17N3O7/c1-11-15(8-13-9-17(29-2)18(30-3)10-16(13)23(27)28)19(24)22(21-11)14-6-4-5-12(7-14)20(25)26/h4-10,21H,1H2,2-3H3,(H,25,26)/p-1/b15-8+. The van der Waals surface area contributed by atoms with E-state index in [0.29, 0.717) is 0 Å². The van der Waals surface area contributed by atoms with Crippen molar-refractivity contribution in [3.05, 3.63) is 78.6 Å². The lowest BCUT2D eigenvalue weighted by Gasteiger charge is -2.08. The van der Waals surface area contributed by atoms with Crippen molar-refractivity contribution >= 4 is 24.3 Å². The summed E-state index contributed by atoms with van der Waals surface area (Å²) in [5.41, 5.74) is -0.624. The average Bonchev–Trinajstić information content (AvgIpc) is 3.01. The molecule has 0 atom stereocenters. The van der Waals surface area contributed by atoms with Gasteiger partial charge in [0.2, 0.25) is 0 Å². The Bertz CT molecular complexity index is 1320. The summed E-state index contributed by atoms with van der Waals surface area (Å²) in [4.78, 5) is 34.9. The SMILES string of the molecule is C=c1[nH]n(-c2cccc(C(=O)[O-])c2)c(=O)/c1=C/c1cc(OC)c(OC)cc1[N+](=O)[O-]. The van der Waals surface area contributed by atoms with Crippen molar-refractivity contribution in [2.24, 2.45) is 0 Å². The van der Waals surface area contributed by atoms with E-state index in [1.165, 1.54) is 56.7 Å². The molecule has 2 aromatic carbocycles. The van der Waals surface area contributed by atoms with Crippen molar-refractivity contribution in [1.29, 1.82) is 0 Å². The number of nitro groups is 1. The minimum Gasteiger partial charge on any atom is -0.545 e. The maximum atomic E-state index is 12.9. The first kappa shape index (κ1) is 20.4. The van der Waals surface area contributed by atoms with Gasteiger partial charge in [-0.2, -0.15) is 0 Å². The van der Waals surface area contributed by atoms with Gasteiger partial charge in [0, 0.05) is 0 Å². The summed E-state index contributed by atoms with van der Waals surface area (Å²) < 4.78 is 11.4. The number of hydrogen-bond donors (Lipinski definition) is 1. The molecule has 1 heterocycles. The van der Waals surface area contributed by atoms with E-state index in [-0.39, 0.29) is 44.6 Å². The summed E-state index contributed by atoms with van der Waals surface area (Å²) in [7, 11) is 2.73. The van der Waals surface area contributed by atoms with Crippen LogP contribution < -0.4 is 30.7 Å². The van der Waals surface area contributed by atoms with Crippen LogP contribution in [0.15, 0.2) is 41.2 Å². The number of methoxy groups -OCH3 is 2. The number of benzene rings is 2. The predicted molar refractivity (Wildman–Crippen MR) is 105 cm³/mol. The van der Waals surface area contributed by atoms with Crippen molar-refractivity contribution in [3.8, 4) is 17.2 Å². The molecule has 0 saturated carbocycles. The van der Waals surface area contributed by atoms with Gasteiger partial charge in [0.05, 0.1) is 53.0 Å². The van der Waals surface area contributed by atoms with Crippen molar-refractivity contribution in [2.75, 3.05) is 14.2 Å². The van der Waals surface area contributed by atoms with E-state index in [1.54, 1.807) is 0 Å². The Balaban J connectivity index is 2.25. The second-order valence-corrected chi connectivity index (χ2v) is 6.15. The molecule has 1 N–H and O–H groups in total. The Hall–Kier alpha value is -4.34. The maximum Gasteiger partial charge on any atom is 0.280 e.